The van der Waals surface area contributed by atoms with Gasteiger partial charge in [0.2, 0.25) is 0 Å². The van der Waals surface area contributed by atoms with Gasteiger partial charge >= 0.3 is 0 Å². The average Bonchev–Trinajstić information content (AvgIpc) is 2.91. The van der Waals surface area contributed by atoms with Gasteiger partial charge in [-0.15, -0.1) is 11.3 Å². The van der Waals surface area contributed by atoms with Crippen LogP contribution in [-0.2, 0) is 13.1 Å². The van der Waals surface area contributed by atoms with Crippen LogP contribution in [0.15, 0.2) is 41.8 Å². The number of nitrogens with zero attached hydrogens (tertiary/aromatic N) is 1. The maximum absolute atomic E-state index is 5.60. The lowest BCUT2D eigenvalue weighted by Gasteiger charge is -2.19. The van der Waals surface area contributed by atoms with Gasteiger partial charge in [-0.1, -0.05) is 49.5 Å². The molecule has 0 aliphatic carbocycles. The van der Waals surface area contributed by atoms with Gasteiger partial charge in [0.25, 0.3) is 0 Å². The van der Waals surface area contributed by atoms with Crippen LogP contribution < -0.4 is 5.73 Å². The second-order valence-corrected chi connectivity index (χ2v) is 5.92. The van der Waals surface area contributed by atoms with Crippen LogP contribution in [0.2, 0.25) is 0 Å². The molecule has 2 aromatic rings. The fourth-order valence-corrected chi connectivity index (χ4v) is 2.82. The lowest BCUT2D eigenvalue weighted by Crippen LogP contribution is -2.21. The number of thiocarbonyl (C=S) groups is 1. The number of hydrogen-bond acceptors (Lipinski definition) is 3. The van der Waals surface area contributed by atoms with Crippen molar-refractivity contribution in [3.05, 3.63) is 57.8 Å². The van der Waals surface area contributed by atoms with E-state index in [1.54, 1.807) is 0 Å². The predicted molar refractivity (Wildman–Crippen MR) is 86.4 cm³/mol. The normalized spacial score (nSPS) is 10.8. The molecular formula is C15H18N2S2. The number of thiophene rings is 1. The molecule has 0 atom stereocenters. The first-order valence-electron chi connectivity index (χ1n) is 6.32. The molecule has 100 valence electrons. The van der Waals surface area contributed by atoms with Crippen LogP contribution in [-0.4, -0.2) is 16.4 Å². The minimum Gasteiger partial charge on any atom is -0.389 e. The summed E-state index contributed by atoms with van der Waals surface area (Å²) < 4.78 is 0. The van der Waals surface area contributed by atoms with Crippen molar-refractivity contribution in [3.63, 3.8) is 0 Å². The minimum absolute atomic E-state index is 0.456. The molecule has 0 saturated heterocycles. The first-order chi connectivity index (χ1) is 9.19. The number of benzene rings is 1. The second-order valence-electron chi connectivity index (χ2n) is 4.44. The molecular weight excluding hydrogens is 272 g/mol. The van der Waals surface area contributed by atoms with E-state index < -0.39 is 0 Å². The van der Waals surface area contributed by atoms with Gasteiger partial charge in [0, 0.05) is 23.5 Å². The maximum atomic E-state index is 5.60. The van der Waals surface area contributed by atoms with Crippen molar-refractivity contribution in [2.24, 2.45) is 5.73 Å². The van der Waals surface area contributed by atoms with Gasteiger partial charge in [0.15, 0.2) is 0 Å². The van der Waals surface area contributed by atoms with Crippen molar-refractivity contribution in [1.82, 2.24) is 4.90 Å². The first kappa shape index (κ1) is 14.2. The van der Waals surface area contributed by atoms with E-state index in [0.717, 1.165) is 25.2 Å². The van der Waals surface area contributed by atoms with Crippen LogP contribution in [0, 0.1) is 0 Å². The lowest BCUT2D eigenvalue weighted by atomic mass is 10.1. The standard InChI is InChI=1S/C15H18N2S2/c1-2-17(11-14-4-3-9-19-14)10-12-5-7-13(8-6-12)15(16)18/h3-9H,2,10-11H2,1H3,(H2,16,18). The molecule has 0 amide bonds. The molecule has 0 fully saturated rings. The Morgan fingerprint density at radius 3 is 2.47 bits per heavy atom. The van der Waals surface area contributed by atoms with Gasteiger partial charge in [-0.25, -0.2) is 0 Å². The molecule has 1 aromatic carbocycles. The SMILES string of the molecule is CCN(Cc1ccc(C(N)=S)cc1)Cc1cccs1. The number of hydrogen-bond donors (Lipinski definition) is 1. The van der Waals surface area contributed by atoms with Crippen molar-refractivity contribution < 1.29 is 0 Å². The Morgan fingerprint density at radius 2 is 1.95 bits per heavy atom. The van der Waals surface area contributed by atoms with Crippen LogP contribution in [0.25, 0.3) is 0 Å². The van der Waals surface area contributed by atoms with Crippen molar-refractivity contribution in [2.45, 2.75) is 20.0 Å². The Bertz CT molecular complexity index is 518. The van der Waals surface area contributed by atoms with E-state index in [2.05, 4.69) is 41.5 Å². The second kappa shape index (κ2) is 6.80. The summed E-state index contributed by atoms with van der Waals surface area (Å²) in [7, 11) is 0. The maximum Gasteiger partial charge on any atom is 0.103 e. The van der Waals surface area contributed by atoms with Gasteiger partial charge in [0.05, 0.1) is 0 Å². The molecule has 0 unspecified atom stereocenters. The van der Waals surface area contributed by atoms with E-state index in [1.165, 1.54) is 10.4 Å². The monoisotopic (exact) mass is 290 g/mol. The zero-order valence-corrected chi connectivity index (χ0v) is 12.6. The molecule has 0 radical (unpaired) electrons. The molecule has 2 nitrogen and oxygen atoms in total. The van der Waals surface area contributed by atoms with E-state index in [9.17, 15) is 0 Å². The predicted octanol–water partition coefficient (Wildman–Crippen LogP) is 3.40. The summed E-state index contributed by atoms with van der Waals surface area (Å²) in [5, 5.41) is 2.13. The van der Waals surface area contributed by atoms with E-state index >= 15 is 0 Å². The van der Waals surface area contributed by atoms with Crippen LogP contribution in [0.4, 0.5) is 0 Å². The molecule has 1 aromatic heterocycles. The van der Waals surface area contributed by atoms with Crippen LogP contribution in [0.3, 0.4) is 0 Å². The number of rotatable bonds is 6. The van der Waals surface area contributed by atoms with E-state index in [-0.39, 0.29) is 0 Å². The highest BCUT2D eigenvalue weighted by Crippen LogP contribution is 2.14. The summed E-state index contributed by atoms with van der Waals surface area (Å²) in [5.74, 6) is 0. The van der Waals surface area contributed by atoms with Crippen LogP contribution in [0.5, 0.6) is 0 Å². The summed E-state index contributed by atoms with van der Waals surface area (Å²) in [6.07, 6.45) is 0. The van der Waals surface area contributed by atoms with Crippen LogP contribution >= 0.6 is 23.6 Å². The molecule has 4 heteroatoms. The summed E-state index contributed by atoms with van der Waals surface area (Å²) in [5.41, 5.74) is 7.82. The fraction of sp³-hybridized carbons (Fsp3) is 0.267. The van der Waals surface area contributed by atoms with Gasteiger partial charge < -0.3 is 5.73 Å². The van der Waals surface area contributed by atoms with Crippen molar-refractivity contribution in [1.29, 1.82) is 0 Å². The average molecular weight is 290 g/mol. The van der Waals surface area contributed by atoms with Crippen molar-refractivity contribution in [3.8, 4) is 0 Å². The third kappa shape index (κ3) is 4.13. The Labute approximate surface area is 123 Å². The quantitative estimate of drug-likeness (QED) is 0.827. The molecule has 0 aliphatic rings. The summed E-state index contributed by atoms with van der Waals surface area (Å²) in [6, 6.07) is 12.5. The summed E-state index contributed by atoms with van der Waals surface area (Å²) in [6.45, 7) is 5.18. The third-order valence-corrected chi connectivity index (χ3v) is 4.15. The van der Waals surface area contributed by atoms with Crippen LogP contribution in [0.1, 0.15) is 22.9 Å². The molecule has 0 saturated carbocycles. The highest BCUT2D eigenvalue weighted by molar-refractivity contribution is 7.80. The van der Waals surface area contributed by atoms with Gasteiger partial charge in [-0.05, 0) is 23.6 Å². The van der Waals surface area contributed by atoms with Gasteiger partial charge in [0.1, 0.15) is 4.99 Å². The zero-order valence-electron chi connectivity index (χ0n) is 11.0. The topological polar surface area (TPSA) is 29.3 Å². The Balaban J connectivity index is 1.99. The zero-order chi connectivity index (χ0) is 13.7. The largest absolute Gasteiger partial charge is 0.389 e. The molecule has 0 bridgehead atoms. The minimum atomic E-state index is 0.456. The lowest BCUT2D eigenvalue weighted by molar-refractivity contribution is 0.274. The van der Waals surface area contributed by atoms with E-state index in [1.807, 2.05) is 23.5 Å². The molecule has 0 spiro atoms. The first-order valence-corrected chi connectivity index (χ1v) is 7.61. The number of nitrogens with two attached hydrogens (primary N) is 1. The Hall–Kier alpha value is -1.23. The third-order valence-electron chi connectivity index (χ3n) is 3.05. The van der Waals surface area contributed by atoms with Crippen molar-refractivity contribution in [2.75, 3.05) is 6.54 Å². The highest BCUT2D eigenvalue weighted by atomic mass is 32.1. The Kier molecular flexibility index (Phi) is 5.07. The smallest absolute Gasteiger partial charge is 0.103 e. The molecule has 19 heavy (non-hydrogen) atoms. The van der Waals surface area contributed by atoms with Gasteiger partial charge in [-0.2, -0.15) is 0 Å². The fourth-order valence-electron chi connectivity index (χ4n) is 1.94. The van der Waals surface area contributed by atoms with E-state index in [0.29, 0.717) is 4.99 Å². The highest BCUT2D eigenvalue weighted by Gasteiger charge is 2.06. The Morgan fingerprint density at radius 1 is 1.21 bits per heavy atom. The summed E-state index contributed by atoms with van der Waals surface area (Å²) in [4.78, 5) is 4.28. The molecule has 2 rings (SSSR count). The van der Waals surface area contributed by atoms with Gasteiger partial charge in [-0.3, -0.25) is 4.90 Å². The molecule has 1 heterocycles. The van der Waals surface area contributed by atoms with E-state index in [4.69, 9.17) is 18.0 Å². The van der Waals surface area contributed by atoms with Crippen molar-refractivity contribution >= 4 is 28.5 Å². The molecule has 2 N–H and O–H groups in total. The summed E-state index contributed by atoms with van der Waals surface area (Å²) >= 11 is 6.77. The molecule has 0 aliphatic heterocycles.